The first kappa shape index (κ1) is 13.1. The SMILES string of the molecule is CC(C)CCN(C1CC1)C1CCCCCC1=O. The van der Waals surface area contributed by atoms with Gasteiger partial charge >= 0.3 is 0 Å². The van der Waals surface area contributed by atoms with Crippen LogP contribution >= 0.6 is 0 Å². The maximum absolute atomic E-state index is 12.2. The molecule has 0 bridgehead atoms. The molecule has 2 rings (SSSR count). The highest BCUT2D eigenvalue weighted by Crippen LogP contribution is 2.32. The molecular formula is C15H27NO. The molecule has 2 nitrogen and oxygen atoms in total. The molecule has 2 heteroatoms. The molecule has 0 radical (unpaired) electrons. The first-order valence-corrected chi connectivity index (χ1v) is 7.47. The summed E-state index contributed by atoms with van der Waals surface area (Å²) in [6.07, 6.45) is 9.46. The lowest BCUT2D eigenvalue weighted by Crippen LogP contribution is -2.43. The lowest BCUT2D eigenvalue weighted by atomic mass is 10.0. The predicted octanol–water partition coefficient (Wildman–Crippen LogP) is 3.40. The van der Waals surface area contributed by atoms with Gasteiger partial charge in [0.05, 0.1) is 6.04 Å². The molecule has 2 saturated carbocycles. The van der Waals surface area contributed by atoms with E-state index in [1.807, 2.05) is 0 Å². The molecule has 0 amide bonds. The Balaban J connectivity index is 1.95. The standard InChI is InChI=1S/C15H27NO/c1-12(2)10-11-16(13-8-9-13)14-6-4-3-5-7-15(14)17/h12-14H,3-11H2,1-2H3. The third-order valence-electron chi connectivity index (χ3n) is 4.15. The minimum atomic E-state index is 0.267. The zero-order chi connectivity index (χ0) is 12.3. The summed E-state index contributed by atoms with van der Waals surface area (Å²) >= 11 is 0. The van der Waals surface area contributed by atoms with E-state index in [0.717, 1.165) is 37.8 Å². The zero-order valence-electron chi connectivity index (χ0n) is 11.5. The lowest BCUT2D eigenvalue weighted by Gasteiger charge is -2.30. The maximum Gasteiger partial charge on any atom is 0.149 e. The van der Waals surface area contributed by atoms with Gasteiger partial charge in [0.2, 0.25) is 0 Å². The number of ketones is 1. The van der Waals surface area contributed by atoms with Crippen molar-refractivity contribution in [3.8, 4) is 0 Å². The van der Waals surface area contributed by atoms with Crippen molar-refractivity contribution in [2.45, 2.75) is 77.3 Å². The summed E-state index contributed by atoms with van der Waals surface area (Å²) in [4.78, 5) is 14.7. The van der Waals surface area contributed by atoms with Crippen molar-refractivity contribution in [1.82, 2.24) is 4.90 Å². The van der Waals surface area contributed by atoms with Crippen molar-refractivity contribution >= 4 is 5.78 Å². The minimum absolute atomic E-state index is 0.267. The zero-order valence-corrected chi connectivity index (χ0v) is 11.5. The smallest absolute Gasteiger partial charge is 0.149 e. The Morgan fingerprint density at radius 2 is 1.94 bits per heavy atom. The Morgan fingerprint density at radius 3 is 2.59 bits per heavy atom. The number of Topliss-reactive ketones (excluding diaryl/α,β-unsaturated/α-hetero) is 1. The summed E-state index contributed by atoms with van der Waals surface area (Å²) in [5.41, 5.74) is 0. The van der Waals surface area contributed by atoms with Crippen molar-refractivity contribution in [3.05, 3.63) is 0 Å². The van der Waals surface area contributed by atoms with Crippen LogP contribution in [0.15, 0.2) is 0 Å². The number of hydrogen-bond acceptors (Lipinski definition) is 2. The van der Waals surface area contributed by atoms with E-state index >= 15 is 0 Å². The largest absolute Gasteiger partial charge is 0.298 e. The second-order valence-corrected chi connectivity index (χ2v) is 6.23. The van der Waals surface area contributed by atoms with Crippen LogP contribution < -0.4 is 0 Å². The van der Waals surface area contributed by atoms with E-state index in [1.165, 1.54) is 32.1 Å². The Bertz CT molecular complexity index is 258. The minimum Gasteiger partial charge on any atom is -0.298 e. The van der Waals surface area contributed by atoms with Gasteiger partial charge in [0.1, 0.15) is 5.78 Å². The molecule has 98 valence electrons. The fourth-order valence-electron chi connectivity index (χ4n) is 2.90. The van der Waals surface area contributed by atoms with Gasteiger partial charge in [0.15, 0.2) is 0 Å². The van der Waals surface area contributed by atoms with Gasteiger partial charge in [0.25, 0.3) is 0 Å². The van der Waals surface area contributed by atoms with Crippen molar-refractivity contribution in [3.63, 3.8) is 0 Å². The number of carbonyl (C=O) groups excluding carboxylic acids is 1. The fraction of sp³-hybridized carbons (Fsp3) is 0.933. The summed E-state index contributed by atoms with van der Waals surface area (Å²) in [6, 6.07) is 1.00. The van der Waals surface area contributed by atoms with Crippen LogP contribution in [0.2, 0.25) is 0 Å². The Kier molecular flexibility index (Phi) is 4.61. The molecule has 0 N–H and O–H groups in total. The monoisotopic (exact) mass is 237 g/mol. The van der Waals surface area contributed by atoms with Crippen LogP contribution in [0.4, 0.5) is 0 Å². The number of rotatable bonds is 5. The van der Waals surface area contributed by atoms with Crippen LogP contribution in [0, 0.1) is 5.92 Å². The number of carbonyl (C=O) groups is 1. The summed E-state index contributed by atoms with van der Waals surface area (Å²) in [7, 11) is 0. The van der Waals surface area contributed by atoms with Crippen molar-refractivity contribution < 1.29 is 4.79 Å². The summed E-state index contributed by atoms with van der Waals surface area (Å²) in [5.74, 6) is 1.27. The van der Waals surface area contributed by atoms with Crippen LogP contribution in [0.1, 0.15) is 65.2 Å². The number of hydrogen-bond donors (Lipinski definition) is 0. The Labute approximate surface area is 106 Å². The topological polar surface area (TPSA) is 20.3 Å². The molecule has 0 heterocycles. The van der Waals surface area contributed by atoms with E-state index in [-0.39, 0.29) is 6.04 Å². The van der Waals surface area contributed by atoms with Crippen molar-refractivity contribution in [2.75, 3.05) is 6.54 Å². The van der Waals surface area contributed by atoms with Crippen molar-refractivity contribution in [1.29, 1.82) is 0 Å². The average Bonchev–Trinajstić information content (AvgIpc) is 3.08. The van der Waals surface area contributed by atoms with Gasteiger partial charge in [-0.15, -0.1) is 0 Å². The van der Waals surface area contributed by atoms with Gasteiger partial charge in [-0.2, -0.15) is 0 Å². The molecule has 2 aliphatic carbocycles. The molecule has 0 aliphatic heterocycles. The van der Waals surface area contributed by atoms with E-state index < -0.39 is 0 Å². The normalized spacial score (nSPS) is 26.6. The molecule has 0 aromatic carbocycles. The van der Waals surface area contributed by atoms with E-state index in [0.29, 0.717) is 5.78 Å². The molecular weight excluding hydrogens is 210 g/mol. The van der Waals surface area contributed by atoms with Crippen LogP contribution in [-0.2, 0) is 4.79 Å². The molecule has 1 unspecified atom stereocenters. The van der Waals surface area contributed by atoms with Crippen molar-refractivity contribution in [2.24, 2.45) is 5.92 Å². The molecule has 2 fully saturated rings. The molecule has 1 atom stereocenters. The third-order valence-corrected chi connectivity index (χ3v) is 4.15. The summed E-state index contributed by atoms with van der Waals surface area (Å²) < 4.78 is 0. The highest BCUT2D eigenvalue weighted by Gasteiger charge is 2.36. The maximum atomic E-state index is 12.2. The van der Waals surface area contributed by atoms with Crippen LogP contribution in [-0.4, -0.2) is 29.3 Å². The molecule has 0 saturated heterocycles. The van der Waals surface area contributed by atoms with E-state index in [4.69, 9.17) is 0 Å². The van der Waals surface area contributed by atoms with E-state index in [9.17, 15) is 4.79 Å². The van der Waals surface area contributed by atoms with Gasteiger partial charge in [0, 0.05) is 12.5 Å². The first-order valence-electron chi connectivity index (χ1n) is 7.47. The first-order chi connectivity index (χ1) is 8.18. The molecule has 2 aliphatic rings. The van der Waals surface area contributed by atoms with Gasteiger partial charge in [-0.05, 0) is 44.6 Å². The second kappa shape index (κ2) is 5.99. The molecule has 17 heavy (non-hydrogen) atoms. The summed E-state index contributed by atoms with van der Waals surface area (Å²) in [6.45, 7) is 5.69. The molecule has 0 spiro atoms. The number of nitrogens with zero attached hydrogens (tertiary/aromatic N) is 1. The van der Waals surface area contributed by atoms with Crippen LogP contribution in [0.5, 0.6) is 0 Å². The van der Waals surface area contributed by atoms with Gasteiger partial charge in [-0.1, -0.05) is 26.7 Å². The average molecular weight is 237 g/mol. The van der Waals surface area contributed by atoms with E-state index in [2.05, 4.69) is 18.7 Å². The Hall–Kier alpha value is -0.370. The second-order valence-electron chi connectivity index (χ2n) is 6.23. The molecule has 0 aromatic rings. The highest BCUT2D eigenvalue weighted by molar-refractivity contribution is 5.84. The fourth-order valence-corrected chi connectivity index (χ4v) is 2.90. The van der Waals surface area contributed by atoms with Crippen LogP contribution in [0.25, 0.3) is 0 Å². The van der Waals surface area contributed by atoms with Crippen LogP contribution in [0.3, 0.4) is 0 Å². The quantitative estimate of drug-likeness (QED) is 0.683. The lowest BCUT2D eigenvalue weighted by molar-refractivity contribution is -0.124. The van der Waals surface area contributed by atoms with Gasteiger partial charge < -0.3 is 0 Å². The highest BCUT2D eigenvalue weighted by atomic mass is 16.1. The van der Waals surface area contributed by atoms with Gasteiger partial charge in [-0.3, -0.25) is 9.69 Å². The van der Waals surface area contributed by atoms with Gasteiger partial charge in [-0.25, -0.2) is 0 Å². The predicted molar refractivity (Wildman–Crippen MR) is 71.1 cm³/mol. The summed E-state index contributed by atoms with van der Waals surface area (Å²) in [5, 5.41) is 0. The molecule has 0 aromatic heterocycles. The third kappa shape index (κ3) is 3.80. The van der Waals surface area contributed by atoms with E-state index in [1.54, 1.807) is 0 Å². The Morgan fingerprint density at radius 1 is 1.18 bits per heavy atom.